The van der Waals surface area contributed by atoms with Crippen molar-refractivity contribution >= 4 is 0 Å². The molecule has 0 fully saturated rings. The Kier molecular flexibility index (Phi) is 3.27. The summed E-state index contributed by atoms with van der Waals surface area (Å²) in [6, 6.07) is 6.42. The molecule has 0 unspecified atom stereocenters. The lowest BCUT2D eigenvalue weighted by Gasteiger charge is -2.23. The second kappa shape index (κ2) is 4.09. The molecule has 0 spiro atoms. The molecule has 1 atom stereocenters. The lowest BCUT2D eigenvalue weighted by atomic mass is 9.86. The van der Waals surface area contributed by atoms with Crippen LogP contribution < -0.4 is 5.73 Å². The smallest absolute Gasteiger partial charge is 0.123 e. The van der Waals surface area contributed by atoms with Gasteiger partial charge in [0.15, 0.2) is 0 Å². The van der Waals surface area contributed by atoms with Crippen LogP contribution in [-0.4, -0.2) is 0 Å². The van der Waals surface area contributed by atoms with Crippen molar-refractivity contribution in [3.05, 3.63) is 35.6 Å². The van der Waals surface area contributed by atoms with E-state index < -0.39 is 0 Å². The van der Waals surface area contributed by atoms with Gasteiger partial charge in [-0.3, -0.25) is 0 Å². The summed E-state index contributed by atoms with van der Waals surface area (Å²) in [7, 11) is 0. The quantitative estimate of drug-likeness (QED) is 0.770. The first-order valence-corrected chi connectivity index (χ1v) is 4.89. The Morgan fingerprint density at radius 2 is 1.71 bits per heavy atom. The first-order valence-electron chi connectivity index (χ1n) is 4.89. The average Bonchev–Trinajstić information content (AvgIpc) is 2.02. The van der Waals surface area contributed by atoms with Crippen LogP contribution in [-0.2, 0) is 0 Å². The fourth-order valence-electron chi connectivity index (χ4n) is 1.49. The van der Waals surface area contributed by atoms with Crippen LogP contribution >= 0.6 is 0 Å². The summed E-state index contributed by atoms with van der Waals surface area (Å²) in [6.07, 6.45) is 0.901. The first kappa shape index (κ1) is 11.2. The minimum Gasteiger partial charge on any atom is -0.324 e. The van der Waals surface area contributed by atoms with E-state index in [1.54, 1.807) is 12.1 Å². The van der Waals surface area contributed by atoms with Gasteiger partial charge in [0.05, 0.1) is 0 Å². The van der Waals surface area contributed by atoms with Crippen molar-refractivity contribution in [2.45, 2.75) is 33.2 Å². The van der Waals surface area contributed by atoms with E-state index >= 15 is 0 Å². The normalized spacial score (nSPS) is 14.1. The molecule has 0 aromatic heterocycles. The highest BCUT2D eigenvalue weighted by Gasteiger charge is 2.16. The predicted octanol–water partition coefficient (Wildman–Crippen LogP) is 3.26. The molecular formula is C12H18FN. The Balaban J connectivity index is 2.70. The second-order valence-corrected chi connectivity index (χ2v) is 4.92. The average molecular weight is 195 g/mol. The molecular weight excluding hydrogens is 177 g/mol. The second-order valence-electron chi connectivity index (χ2n) is 4.92. The molecule has 1 nitrogen and oxygen atoms in total. The molecule has 14 heavy (non-hydrogen) atoms. The maximum Gasteiger partial charge on any atom is 0.123 e. The lowest BCUT2D eigenvalue weighted by molar-refractivity contribution is 0.342. The molecule has 0 saturated heterocycles. The van der Waals surface area contributed by atoms with E-state index in [1.807, 2.05) is 0 Å². The summed E-state index contributed by atoms with van der Waals surface area (Å²) in [5, 5.41) is 0. The fourth-order valence-corrected chi connectivity index (χ4v) is 1.49. The van der Waals surface area contributed by atoms with Gasteiger partial charge in [-0.05, 0) is 29.5 Å². The SMILES string of the molecule is CC(C)(C)C[C@@H](N)c1ccc(F)cc1. The number of halogens is 1. The van der Waals surface area contributed by atoms with Gasteiger partial charge in [0.2, 0.25) is 0 Å². The molecule has 2 N–H and O–H groups in total. The largest absolute Gasteiger partial charge is 0.324 e. The molecule has 0 aliphatic rings. The van der Waals surface area contributed by atoms with Crippen molar-refractivity contribution in [2.75, 3.05) is 0 Å². The molecule has 0 amide bonds. The zero-order chi connectivity index (χ0) is 10.8. The summed E-state index contributed by atoms with van der Waals surface area (Å²) in [6.45, 7) is 6.45. The van der Waals surface area contributed by atoms with E-state index in [0.717, 1.165) is 12.0 Å². The van der Waals surface area contributed by atoms with Crippen molar-refractivity contribution in [1.29, 1.82) is 0 Å². The van der Waals surface area contributed by atoms with Gasteiger partial charge in [-0.25, -0.2) is 4.39 Å². The Bertz CT molecular complexity index is 284. The van der Waals surface area contributed by atoms with Gasteiger partial charge in [-0.2, -0.15) is 0 Å². The number of hydrogen-bond acceptors (Lipinski definition) is 1. The van der Waals surface area contributed by atoms with E-state index in [9.17, 15) is 4.39 Å². The molecule has 1 aromatic carbocycles. The topological polar surface area (TPSA) is 26.0 Å². The van der Waals surface area contributed by atoms with Gasteiger partial charge in [0.25, 0.3) is 0 Å². The van der Waals surface area contributed by atoms with E-state index in [1.165, 1.54) is 12.1 Å². The first-order chi connectivity index (χ1) is 6.38. The van der Waals surface area contributed by atoms with Crippen LogP contribution in [0.25, 0.3) is 0 Å². The third-order valence-corrected chi connectivity index (χ3v) is 2.13. The number of benzene rings is 1. The van der Waals surface area contributed by atoms with Crippen LogP contribution in [0.3, 0.4) is 0 Å². The highest BCUT2D eigenvalue weighted by Crippen LogP contribution is 2.27. The Morgan fingerprint density at radius 1 is 1.21 bits per heavy atom. The van der Waals surface area contributed by atoms with Crippen LogP contribution in [0, 0.1) is 11.2 Å². The fraction of sp³-hybridized carbons (Fsp3) is 0.500. The maximum absolute atomic E-state index is 12.6. The van der Waals surface area contributed by atoms with Gasteiger partial charge < -0.3 is 5.73 Å². The monoisotopic (exact) mass is 195 g/mol. The highest BCUT2D eigenvalue weighted by atomic mass is 19.1. The minimum absolute atomic E-state index is 0.00407. The van der Waals surface area contributed by atoms with Crippen molar-refractivity contribution in [1.82, 2.24) is 0 Å². The Hall–Kier alpha value is -0.890. The summed E-state index contributed by atoms with van der Waals surface area (Å²) < 4.78 is 12.6. The molecule has 0 aliphatic heterocycles. The third-order valence-electron chi connectivity index (χ3n) is 2.13. The summed E-state index contributed by atoms with van der Waals surface area (Å²) in [5.74, 6) is -0.211. The molecule has 1 rings (SSSR count). The molecule has 2 heteroatoms. The molecule has 0 radical (unpaired) electrons. The molecule has 0 aliphatic carbocycles. The highest BCUT2D eigenvalue weighted by molar-refractivity contribution is 5.19. The Morgan fingerprint density at radius 3 is 2.14 bits per heavy atom. The van der Waals surface area contributed by atoms with E-state index in [2.05, 4.69) is 20.8 Å². The van der Waals surface area contributed by atoms with E-state index in [0.29, 0.717) is 0 Å². The molecule has 0 saturated carbocycles. The van der Waals surface area contributed by atoms with Gasteiger partial charge in [0, 0.05) is 6.04 Å². The summed E-state index contributed by atoms with van der Waals surface area (Å²) in [5.41, 5.74) is 7.21. The Labute approximate surface area is 85.1 Å². The minimum atomic E-state index is -0.211. The standard InChI is InChI=1S/C12H18FN/c1-12(2,3)8-11(14)9-4-6-10(13)7-5-9/h4-7,11H,8,14H2,1-3H3/t11-/m1/s1. The number of nitrogens with two attached hydrogens (primary N) is 1. The van der Waals surface area contributed by atoms with Crippen molar-refractivity contribution in [3.63, 3.8) is 0 Å². The lowest BCUT2D eigenvalue weighted by Crippen LogP contribution is -2.18. The predicted molar refractivity (Wildman–Crippen MR) is 57.4 cm³/mol. The van der Waals surface area contributed by atoms with E-state index in [4.69, 9.17) is 5.73 Å². The van der Waals surface area contributed by atoms with E-state index in [-0.39, 0.29) is 17.3 Å². The van der Waals surface area contributed by atoms with Crippen LogP contribution in [0.15, 0.2) is 24.3 Å². The zero-order valence-electron chi connectivity index (χ0n) is 9.05. The van der Waals surface area contributed by atoms with Crippen LogP contribution in [0.5, 0.6) is 0 Å². The summed E-state index contributed by atoms with van der Waals surface area (Å²) >= 11 is 0. The van der Waals surface area contributed by atoms with Crippen LogP contribution in [0.1, 0.15) is 38.8 Å². The maximum atomic E-state index is 12.6. The van der Waals surface area contributed by atoms with Crippen LogP contribution in [0.2, 0.25) is 0 Å². The van der Waals surface area contributed by atoms with Crippen LogP contribution in [0.4, 0.5) is 4.39 Å². The van der Waals surface area contributed by atoms with Crippen molar-refractivity contribution in [3.8, 4) is 0 Å². The molecule has 78 valence electrons. The van der Waals surface area contributed by atoms with Gasteiger partial charge in [-0.15, -0.1) is 0 Å². The molecule has 1 aromatic rings. The van der Waals surface area contributed by atoms with Crippen molar-refractivity contribution in [2.24, 2.45) is 11.1 Å². The molecule has 0 bridgehead atoms. The summed E-state index contributed by atoms with van der Waals surface area (Å²) in [4.78, 5) is 0. The number of hydrogen-bond donors (Lipinski definition) is 1. The van der Waals surface area contributed by atoms with Crippen molar-refractivity contribution < 1.29 is 4.39 Å². The number of rotatable bonds is 2. The molecule has 0 heterocycles. The van der Waals surface area contributed by atoms with Gasteiger partial charge >= 0.3 is 0 Å². The van der Waals surface area contributed by atoms with Gasteiger partial charge in [-0.1, -0.05) is 32.9 Å². The zero-order valence-corrected chi connectivity index (χ0v) is 9.05. The third kappa shape index (κ3) is 3.46. The van der Waals surface area contributed by atoms with Gasteiger partial charge in [0.1, 0.15) is 5.82 Å².